The number of pyridine rings is 1. The second-order valence-electron chi connectivity index (χ2n) is 8.18. The van der Waals surface area contributed by atoms with Crippen molar-refractivity contribution in [2.24, 2.45) is 0 Å². The number of unbranched alkanes of at least 4 members (excludes halogenated alkanes) is 1. The summed E-state index contributed by atoms with van der Waals surface area (Å²) in [6.07, 6.45) is 5.01. The van der Waals surface area contributed by atoms with Crippen LogP contribution in [0.2, 0.25) is 0 Å². The molecule has 4 aromatic rings. The summed E-state index contributed by atoms with van der Waals surface area (Å²) in [6.45, 7) is 7.69. The fraction of sp³-hybridized carbons (Fsp3) is 0.476. The predicted molar refractivity (Wildman–Crippen MR) is 125 cm³/mol. The number of nitrogens with two attached hydrogens (primary N) is 1. The summed E-state index contributed by atoms with van der Waals surface area (Å²) in [5.74, 6) is 1.53. The maximum Gasteiger partial charge on any atom is 0.152 e. The zero-order chi connectivity index (χ0) is 21.3. The molecule has 0 spiro atoms. The van der Waals surface area contributed by atoms with Gasteiger partial charge < -0.3 is 20.7 Å². The third-order valence-corrected chi connectivity index (χ3v) is 6.79. The van der Waals surface area contributed by atoms with Gasteiger partial charge in [0.2, 0.25) is 0 Å². The third kappa shape index (κ3) is 4.49. The predicted octanol–water partition coefficient (Wildman–Crippen LogP) is 3.94. The van der Waals surface area contributed by atoms with E-state index >= 15 is 0 Å². The van der Waals surface area contributed by atoms with Crippen molar-refractivity contribution in [3.05, 3.63) is 33.4 Å². The van der Waals surface area contributed by atoms with Gasteiger partial charge in [-0.2, -0.15) is 0 Å². The van der Waals surface area contributed by atoms with Crippen molar-refractivity contribution in [3.63, 3.8) is 0 Å². The van der Waals surface area contributed by atoms with Crippen molar-refractivity contribution in [1.29, 1.82) is 0 Å². The van der Waals surface area contributed by atoms with Crippen molar-refractivity contribution in [2.45, 2.75) is 58.7 Å². The molecule has 4 heterocycles. The lowest BCUT2D eigenvalue weighted by Gasteiger charge is -2.17. The highest BCUT2D eigenvalue weighted by Gasteiger charge is 2.19. The summed E-state index contributed by atoms with van der Waals surface area (Å²) in [7, 11) is 0. The number of thiazole rings is 1. The van der Waals surface area contributed by atoms with Crippen LogP contribution in [0.1, 0.15) is 49.3 Å². The third-order valence-electron chi connectivity index (χ3n) is 4.90. The van der Waals surface area contributed by atoms with E-state index in [9.17, 15) is 5.11 Å². The summed E-state index contributed by atoms with van der Waals surface area (Å²) in [5.41, 5.74) is 8.31. The molecular formula is C21H28N6OS2. The second kappa shape index (κ2) is 8.58. The zero-order valence-corrected chi connectivity index (χ0v) is 19.2. The molecule has 0 fully saturated rings. The average molecular weight is 445 g/mol. The lowest BCUT2D eigenvalue weighted by Crippen LogP contribution is -2.34. The van der Waals surface area contributed by atoms with E-state index in [4.69, 9.17) is 10.7 Å². The van der Waals surface area contributed by atoms with E-state index in [1.807, 2.05) is 12.3 Å². The summed E-state index contributed by atoms with van der Waals surface area (Å²) in [4.78, 5) is 15.2. The average Bonchev–Trinajstić information content (AvgIpc) is 3.39. The van der Waals surface area contributed by atoms with Crippen molar-refractivity contribution in [1.82, 2.24) is 24.8 Å². The van der Waals surface area contributed by atoms with E-state index in [-0.39, 0.29) is 0 Å². The first-order valence-corrected chi connectivity index (χ1v) is 11.9. The molecule has 0 radical (unpaired) electrons. The van der Waals surface area contributed by atoms with E-state index in [0.717, 1.165) is 56.2 Å². The molecule has 0 atom stereocenters. The number of aliphatic hydroxyl groups is 1. The minimum atomic E-state index is -0.725. The van der Waals surface area contributed by atoms with Gasteiger partial charge in [0.25, 0.3) is 0 Å². The maximum atomic E-state index is 9.87. The molecule has 4 aromatic heterocycles. The molecule has 0 aliphatic rings. The Labute approximate surface area is 184 Å². The number of hydrogen-bond donors (Lipinski definition) is 3. The number of aryl methyl sites for hydroxylation is 1. The van der Waals surface area contributed by atoms with Crippen LogP contribution >= 0.6 is 22.7 Å². The molecular weight excluding hydrogens is 416 g/mol. The fourth-order valence-corrected chi connectivity index (χ4v) is 5.25. The Morgan fingerprint density at radius 3 is 2.90 bits per heavy atom. The van der Waals surface area contributed by atoms with Crippen LogP contribution in [0, 0.1) is 0 Å². The molecule has 0 aliphatic carbocycles. The van der Waals surface area contributed by atoms with Crippen LogP contribution in [-0.4, -0.2) is 36.8 Å². The molecule has 4 rings (SSSR count). The van der Waals surface area contributed by atoms with Gasteiger partial charge in [-0.15, -0.1) is 22.7 Å². The van der Waals surface area contributed by atoms with Crippen LogP contribution in [-0.2, 0) is 19.5 Å². The first kappa shape index (κ1) is 21.2. The van der Waals surface area contributed by atoms with E-state index in [1.165, 1.54) is 0 Å². The summed E-state index contributed by atoms with van der Waals surface area (Å²) in [6, 6.07) is 2.01. The van der Waals surface area contributed by atoms with Crippen LogP contribution in [0.4, 0.5) is 5.82 Å². The van der Waals surface area contributed by atoms with Crippen LogP contribution in [0.5, 0.6) is 0 Å². The number of nitrogens with zero attached hydrogens (tertiary/aromatic N) is 4. The number of fused-ring (bicyclic) bond motifs is 3. The highest BCUT2D eigenvalue weighted by Crippen LogP contribution is 2.33. The number of nitrogens with one attached hydrogen (secondary N) is 1. The zero-order valence-electron chi connectivity index (χ0n) is 17.6. The number of aromatic nitrogens is 4. The Morgan fingerprint density at radius 1 is 1.30 bits per heavy atom. The Bertz CT molecular complexity index is 1150. The van der Waals surface area contributed by atoms with Gasteiger partial charge in [0.1, 0.15) is 16.3 Å². The largest absolute Gasteiger partial charge is 0.389 e. The number of nitrogen functional groups attached to an aromatic ring is 1. The molecule has 0 amide bonds. The van der Waals surface area contributed by atoms with Gasteiger partial charge in [0.15, 0.2) is 5.82 Å². The normalized spacial score (nSPS) is 12.4. The number of imidazole rings is 1. The maximum absolute atomic E-state index is 9.87. The van der Waals surface area contributed by atoms with E-state index in [0.29, 0.717) is 25.5 Å². The van der Waals surface area contributed by atoms with E-state index < -0.39 is 5.60 Å². The Morgan fingerprint density at radius 2 is 2.13 bits per heavy atom. The van der Waals surface area contributed by atoms with Gasteiger partial charge in [0, 0.05) is 30.6 Å². The topological polar surface area (TPSA) is 102 Å². The fourth-order valence-electron chi connectivity index (χ4n) is 3.48. The molecule has 4 N–H and O–H groups in total. The molecule has 0 saturated carbocycles. The van der Waals surface area contributed by atoms with Gasteiger partial charge in [-0.25, -0.2) is 15.0 Å². The number of hydrogen-bond acceptors (Lipinski definition) is 8. The van der Waals surface area contributed by atoms with Crippen LogP contribution in [0.3, 0.4) is 0 Å². The minimum Gasteiger partial charge on any atom is -0.389 e. The van der Waals surface area contributed by atoms with Crippen molar-refractivity contribution < 1.29 is 5.11 Å². The number of anilines is 1. The molecule has 9 heteroatoms. The van der Waals surface area contributed by atoms with E-state index in [2.05, 4.69) is 32.2 Å². The molecule has 7 nitrogen and oxygen atoms in total. The number of rotatable bonds is 9. The van der Waals surface area contributed by atoms with Crippen LogP contribution < -0.4 is 11.1 Å². The molecule has 0 saturated heterocycles. The molecule has 160 valence electrons. The van der Waals surface area contributed by atoms with Crippen LogP contribution in [0.15, 0.2) is 17.6 Å². The summed E-state index contributed by atoms with van der Waals surface area (Å²) >= 11 is 3.36. The minimum absolute atomic E-state index is 0.489. The van der Waals surface area contributed by atoms with Gasteiger partial charge in [0.05, 0.1) is 27.9 Å². The molecule has 0 unspecified atom stereocenters. The Kier molecular flexibility index (Phi) is 6.06. The van der Waals surface area contributed by atoms with Gasteiger partial charge >= 0.3 is 0 Å². The highest BCUT2D eigenvalue weighted by molar-refractivity contribution is 7.18. The molecule has 0 aromatic carbocycles. The quantitative estimate of drug-likeness (QED) is 0.361. The highest BCUT2D eigenvalue weighted by atomic mass is 32.1. The molecule has 0 aliphatic heterocycles. The van der Waals surface area contributed by atoms with Gasteiger partial charge in [-0.1, -0.05) is 13.3 Å². The number of thiophene rings is 1. The molecule has 30 heavy (non-hydrogen) atoms. The Balaban J connectivity index is 1.66. The molecule has 0 bridgehead atoms. The lowest BCUT2D eigenvalue weighted by molar-refractivity contribution is 0.0796. The summed E-state index contributed by atoms with van der Waals surface area (Å²) < 4.78 is 3.40. The first-order chi connectivity index (χ1) is 14.4. The Hall–Kier alpha value is -2.07. The van der Waals surface area contributed by atoms with Gasteiger partial charge in [-0.05, 0) is 31.7 Å². The van der Waals surface area contributed by atoms with Crippen LogP contribution in [0.25, 0.3) is 21.3 Å². The van der Waals surface area contributed by atoms with E-state index in [1.54, 1.807) is 36.5 Å². The van der Waals surface area contributed by atoms with Crippen molar-refractivity contribution in [3.8, 4) is 0 Å². The summed E-state index contributed by atoms with van der Waals surface area (Å²) in [5, 5.41) is 16.2. The smallest absolute Gasteiger partial charge is 0.152 e. The standard InChI is InChI=1S/C21H28N6OS2/c1-4-5-6-15-26-17-18(19-14(7-8-29-19)25-20(17)22)27(15)11-16-24-10-13(30-16)9-23-12-21(2,3)28/h7-8,10,23,28H,4-6,9,11-12H2,1-3H3,(H2,22,25). The van der Waals surface area contributed by atoms with Crippen molar-refractivity contribution in [2.75, 3.05) is 12.3 Å². The monoisotopic (exact) mass is 444 g/mol. The lowest BCUT2D eigenvalue weighted by atomic mass is 10.1. The van der Waals surface area contributed by atoms with Gasteiger partial charge in [-0.3, -0.25) is 0 Å². The first-order valence-electron chi connectivity index (χ1n) is 10.2. The SMILES string of the molecule is CCCCc1nc2c(N)nc3ccsc3c2n1Cc1ncc(CNCC(C)(C)O)s1. The second-order valence-corrected chi connectivity index (χ2v) is 10.3. The van der Waals surface area contributed by atoms with Crippen molar-refractivity contribution >= 4 is 49.7 Å².